The highest BCUT2D eigenvalue weighted by Crippen LogP contribution is 2.33. The molecule has 0 aliphatic rings. The highest BCUT2D eigenvalue weighted by Gasteiger charge is 2.17. The second-order valence-corrected chi connectivity index (χ2v) is 7.02. The summed E-state index contributed by atoms with van der Waals surface area (Å²) in [6, 6.07) is 21.7. The largest absolute Gasteiger partial charge is 0.380 e. The topological polar surface area (TPSA) is 57.2 Å². The summed E-state index contributed by atoms with van der Waals surface area (Å²) in [5.41, 5.74) is 11.8. The van der Waals surface area contributed by atoms with Crippen molar-refractivity contribution in [1.82, 2.24) is 4.57 Å². The maximum Gasteiger partial charge on any atom is 0.249 e. The molecule has 4 heteroatoms. The molecule has 0 saturated carbocycles. The van der Waals surface area contributed by atoms with Crippen LogP contribution in [0.5, 0.6) is 0 Å². The van der Waals surface area contributed by atoms with Crippen LogP contribution in [0.4, 0.5) is 0 Å². The molecular formula is C24H23N2O2. The van der Waals surface area contributed by atoms with Crippen molar-refractivity contribution in [3.8, 4) is 0 Å². The maximum absolute atomic E-state index is 12.1. The van der Waals surface area contributed by atoms with Crippen LogP contribution in [-0.4, -0.2) is 17.6 Å². The second kappa shape index (κ2) is 7.49. The molecule has 2 N–H and O–H groups in total. The van der Waals surface area contributed by atoms with E-state index in [4.69, 9.17) is 10.5 Å². The Morgan fingerprint density at radius 2 is 1.86 bits per heavy atom. The molecular weight excluding hydrogens is 348 g/mol. The van der Waals surface area contributed by atoms with E-state index in [0.29, 0.717) is 18.7 Å². The summed E-state index contributed by atoms with van der Waals surface area (Å²) >= 11 is 0. The van der Waals surface area contributed by atoms with Crippen molar-refractivity contribution in [2.24, 2.45) is 5.73 Å². The number of hydrogen-bond donors (Lipinski definition) is 1. The molecule has 1 amide bonds. The minimum absolute atomic E-state index is 0.424. The van der Waals surface area contributed by atoms with Crippen molar-refractivity contribution in [3.63, 3.8) is 0 Å². The Morgan fingerprint density at radius 3 is 2.61 bits per heavy atom. The summed E-state index contributed by atoms with van der Waals surface area (Å²) in [6.07, 6.45) is 0.999. The molecule has 0 saturated heterocycles. The summed E-state index contributed by atoms with van der Waals surface area (Å²) in [5, 5.41) is 1.77. The van der Waals surface area contributed by atoms with Gasteiger partial charge in [0.1, 0.15) is 0 Å². The molecule has 1 radical (unpaired) electrons. The third-order valence-electron chi connectivity index (χ3n) is 5.17. The zero-order valence-corrected chi connectivity index (χ0v) is 16.2. The Morgan fingerprint density at radius 1 is 1.07 bits per heavy atom. The van der Waals surface area contributed by atoms with Gasteiger partial charge in [-0.15, -0.1) is 0 Å². The van der Waals surface area contributed by atoms with Gasteiger partial charge in [-0.1, -0.05) is 37.3 Å². The van der Waals surface area contributed by atoms with E-state index in [-0.39, 0.29) is 0 Å². The number of amides is 1. The summed E-state index contributed by atoms with van der Waals surface area (Å²) in [7, 11) is 1.68. The number of ether oxygens (including phenoxy) is 1. The van der Waals surface area contributed by atoms with Crippen molar-refractivity contribution in [3.05, 3.63) is 82.9 Å². The molecule has 1 aromatic heterocycles. The van der Waals surface area contributed by atoms with E-state index in [2.05, 4.69) is 47.9 Å². The first-order valence-electron chi connectivity index (χ1n) is 9.44. The Bertz CT molecular complexity index is 1170. The number of nitrogens with two attached hydrogens (primary N) is 1. The highest BCUT2D eigenvalue weighted by molar-refractivity contribution is 6.17. The van der Waals surface area contributed by atoms with Crippen LogP contribution in [0.15, 0.2) is 54.6 Å². The van der Waals surface area contributed by atoms with Crippen molar-refractivity contribution in [2.75, 3.05) is 7.11 Å². The Labute approximate surface area is 164 Å². The fourth-order valence-corrected chi connectivity index (χ4v) is 3.86. The molecule has 4 aromatic rings. The number of fused-ring (bicyclic) bond motifs is 3. The fourth-order valence-electron chi connectivity index (χ4n) is 3.86. The van der Waals surface area contributed by atoms with Crippen molar-refractivity contribution in [2.45, 2.75) is 26.5 Å². The molecule has 3 aromatic carbocycles. The predicted molar refractivity (Wildman–Crippen MR) is 112 cm³/mol. The number of carbonyl (C=O) groups excluding carboxylic acids is 1. The zero-order chi connectivity index (χ0) is 19.7. The lowest BCUT2D eigenvalue weighted by molar-refractivity contribution is 0.100. The molecule has 0 fully saturated rings. The van der Waals surface area contributed by atoms with Gasteiger partial charge in [-0.2, -0.15) is 0 Å². The third-order valence-corrected chi connectivity index (χ3v) is 5.17. The van der Waals surface area contributed by atoms with Gasteiger partial charge in [-0.3, -0.25) is 4.79 Å². The first-order valence-corrected chi connectivity index (χ1v) is 9.44. The van der Waals surface area contributed by atoms with Gasteiger partial charge in [0.25, 0.3) is 0 Å². The molecule has 1 heterocycles. The molecule has 141 valence electrons. The predicted octanol–water partition coefficient (Wildman–Crippen LogP) is 4.45. The molecule has 0 unspecified atom stereocenters. The van der Waals surface area contributed by atoms with Crippen LogP contribution in [0.3, 0.4) is 0 Å². The lowest BCUT2D eigenvalue weighted by Gasteiger charge is -2.10. The Kier molecular flexibility index (Phi) is 4.88. The molecule has 0 spiro atoms. The van der Waals surface area contributed by atoms with Crippen LogP contribution < -0.4 is 5.73 Å². The molecule has 0 aliphatic heterocycles. The second-order valence-electron chi connectivity index (χ2n) is 7.02. The van der Waals surface area contributed by atoms with E-state index in [9.17, 15) is 4.79 Å². The van der Waals surface area contributed by atoms with E-state index in [1.165, 1.54) is 11.1 Å². The van der Waals surface area contributed by atoms with E-state index in [0.717, 1.165) is 33.8 Å². The number of carbonyl (C=O) groups is 1. The molecule has 4 nitrogen and oxygen atoms in total. The number of aryl methyl sites for hydroxylation is 1. The Hall–Kier alpha value is -3.11. The number of hydrogen-bond acceptors (Lipinski definition) is 2. The minimum Gasteiger partial charge on any atom is -0.380 e. The van der Waals surface area contributed by atoms with Gasteiger partial charge in [0.15, 0.2) is 0 Å². The van der Waals surface area contributed by atoms with Gasteiger partial charge in [0.2, 0.25) is 5.91 Å². The van der Waals surface area contributed by atoms with Gasteiger partial charge in [-0.25, -0.2) is 0 Å². The average Bonchev–Trinajstić information content (AvgIpc) is 3.01. The lowest BCUT2D eigenvalue weighted by atomic mass is 10.0. The number of primary amides is 1. The fraction of sp³-hybridized carbons (Fsp3) is 0.208. The molecule has 4 rings (SSSR count). The van der Waals surface area contributed by atoms with Gasteiger partial charge >= 0.3 is 0 Å². The third kappa shape index (κ3) is 3.16. The van der Waals surface area contributed by atoms with Crippen LogP contribution in [0.2, 0.25) is 0 Å². The smallest absolute Gasteiger partial charge is 0.249 e. The van der Waals surface area contributed by atoms with E-state index in [1.807, 2.05) is 18.2 Å². The number of methoxy groups -OCH3 is 1. The Balaban J connectivity index is 1.99. The number of rotatable bonds is 6. The number of aromatic nitrogens is 1. The van der Waals surface area contributed by atoms with Gasteiger partial charge < -0.3 is 15.0 Å². The quantitative estimate of drug-likeness (QED) is 0.544. The molecule has 0 bridgehead atoms. The first kappa shape index (κ1) is 18.3. The number of nitrogens with zero attached hydrogens (tertiary/aromatic N) is 1. The summed E-state index contributed by atoms with van der Waals surface area (Å²) in [4.78, 5) is 12.1. The van der Waals surface area contributed by atoms with E-state index >= 15 is 0 Å². The van der Waals surface area contributed by atoms with Gasteiger partial charge in [-0.05, 0) is 53.4 Å². The summed E-state index contributed by atoms with van der Waals surface area (Å²) in [5.74, 6) is -0.424. The highest BCUT2D eigenvalue weighted by atomic mass is 16.5. The van der Waals surface area contributed by atoms with Crippen LogP contribution in [0.1, 0.15) is 34.0 Å². The lowest BCUT2D eigenvalue weighted by Crippen LogP contribution is -2.11. The molecule has 0 atom stereocenters. The summed E-state index contributed by atoms with van der Waals surface area (Å²) in [6.45, 7) is 3.38. The molecule has 0 aliphatic carbocycles. The monoisotopic (exact) mass is 371 g/mol. The maximum atomic E-state index is 12.1. The van der Waals surface area contributed by atoms with Crippen LogP contribution in [0, 0.1) is 6.07 Å². The minimum atomic E-state index is -0.424. The van der Waals surface area contributed by atoms with Crippen molar-refractivity contribution >= 4 is 27.7 Å². The van der Waals surface area contributed by atoms with Gasteiger partial charge in [0.05, 0.1) is 17.6 Å². The van der Waals surface area contributed by atoms with Gasteiger partial charge in [0, 0.05) is 30.0 Å². The van der Waals surface area contributed by atoms with E-state index < -0.39 is 5.91 Å². The number of benzene rings is 3. The molecule has 28 heavy (non-hydrogen) atoms. The van der Waals surface area contributed by atoms with Crippen molar-refractivity contribution in [1.29, 1.82) is 0 Å². The van der Waals surface area contributed by atoms with Crippen LogP contribution in [-0.2, 0) is 24.3 Å². The van der Waals surface area contributed by atoms with Crippen LogP contribution >= 0.6 is 0 Å². The first-order chi connectivity index (χ1) is 13.6. The zero-order valence-electron chi connectivity index (χ0n) is 16.2. The van der Waals surface area contributed by atoms with E-state index in [1.54, 1.807) is 13.2 Å². The SMILES string of the molecule is CCc1cccc(Cn2c3cc(COC)c[c]c3c3c(C(N)=O)cccc32)c1. The average molecular weight is 371 g/mol. The standard InChI is InChI=1S/C24H23N2O2/c1-3-16-6-4-7-17(12-16)14-26-21-9-5-8-20(24(25)27)23(21)19-11-10-18(15-28-2)13-22(19)26/h4-10,12-13H,3,14-15H2,1-2H3,(H2,25,27). The van der Waals surface area contributed by atoms with Crippen LogP contribution in [0.25, 0.3) is 21.8 Å². The van der Waals surface area contributed by atoms with Crippen molar-refractivity contribution < 1.29 is 9.53 Å². The summed E-state index contributed by atoms with van der Waals surface area (Å²) < 4.78 is 7.54. The normalized spacial score (nSPS) is 11.4.